The smallest absolute Gasteiger partial charge is 0.227 e. The first kappa shape index (κ1) is 14.3. The molecule has 2 heterocycles. The van der Waals surface area contributed by atoms with Crippen molar-refractivity contribution in [3.8, 4) is 6.07 Å². The van der Waals surface area contributed by atoms with Crippen molar-refractivity contribution >= 4 is 17.5 Å². The minimum atomic E-state index is 0.606. The molecular weight excluding hydrogens is 274 g/mol. The molecule has 2 aromatic rings. The zero-order valence-electron chi connectivity index (χ0n) is 12.7. The molecular formula is C17H19N5. The zero-order valence-corrected chi connectivity index (χ0v) is 12.7. The number of nitrogens with one attached hydrogen (secondary N) is 1. The van der Waals surface area contributed by atoms with Crippen LogP contribution in [0.2, 0.25) is 0 Å². The fourth-order valence-electron chi connectivity index (χ4n) is 2.61. The molecule has 0 amide bonds. The minimum Gasteiger partial charge on any atom is -0.341 e. The fourth-order valence-corrected chi connectivity index (χ4v) is 2.61. The molecule has 5 heteroatoms. The van der Waals surface area contributed by atoms with E-state index in [-0.39, 0.29) is 0 Å². The lowest BCUT2D eigenvalue weighted by molar-refractivity contribution is 0.434. The van der Waals surface area contributed by atoms with E-state index in [0.717, 1.165) is 30.6 Å². The van der Waals surface area contributed by atoms with Crippen LogP contribution in [0.3, 0.4) is 0 Å². The predicted octanol–water partition coefficient (Wildman–Crippen LogP) is 3.33. The van der Waals surface area contributed by atoms with Gasteiger partial charge >= 0.3 is 0 Å². The molecule has 1 fully saturated rings. The van der Waals surface area contributed by atoms with E-state index in [2.05, 4.69) is 33.2 Å². The maximum absolute atomic E-state index is 9.15. The number of aromatic nitrogens is 2. The van der Waals surface area contributed by atoms with Crippen LogP contribution in [0.25, 0.3) is 0 Å². The van der Waals surface area contributed by atoms with Crippen molar-refractivity contribution in [3.05, 3.63) is 42.1 Å². The van der Waals surface area contributed by atoms with Crippen molar-refractivity contribution in [3.63, 3.8) is 0 Å². The number of piperidine rings is 1. The Bertz CT molecular complexity index is 683. The molecule has 3 rings (SSSR count). The van der Waals surface area contributed by atoms with Gasteiger partial charge in [-0.2, -0.15) is 10.2 Å². The number of para-hydroxylation sites is 1. The summed E-state index contributed by atoms with van der Waals surface area (Å²) in [5, 5.41) is 12.4. The van der Waals surface area contributed by atoms with E-state index >= 15 is 0 Å². The third kappa shape index (κ3) is 3.17. The van der Waals surface area contributed by atoms with Crippen LogP contribution in [0.5, 0.6) is 0 Å². The van der Waals surface area contributed by atoms with Gasteiger partial charge in [-0.05, 0) is 37.0 Å². The van der Waals surface area contributed by atoms with Crippen molar-refractivity contribution in [2.45, 2.75) is 19.8 Å². The molecule has 1 saturated heterocycles. The van der Waals surface area contributed by atoms with Crippen LogP contribution in [-0.4, -0.2) is 23.1 Å². The average Bonchev–Trinajstić information content (AvgIpc) is 2.56. The molecule has 1 aliphatic rings. The third-order valence-corrected chi connectivity index (χ3v) is 4.02. The first-order valence-electron chi connectivity index (χ1n) is 7.60. The summed E-state index contributed by atoms with van der Waals surface area (Å²) >= 11 is 0. The summed E-state index contributed by atoms with van der Waals surface area (Å²) in [7, 11) is 0. The van der Waals surface area contributed by atoms with E-state index in [1.54, 1.807) is 12.3 Å². The van der Waals surface area contributed by atoms with Crippen LogP contribution >= 0.6 is 0 Å². The van der Waals surface area contributed by atoms with Gasteiger partial charge in [0.15, 0.2) is 0 Å². The second-order valence-corrected chi connectivity index (χ2v) is 5.69. The highest BCUT2D eigenvalue weighted by molar-refractivity contribution is 5.64. The quantitative estimate of drug-likeness (QED) is 0.940. The Hall–Kier alpha value is -2.61. The number of hydrogen-bond donors (Lipinski definition) is 1. The molecule has 22 heavy (non-hydrogen) atoms. The van der Waals surface area contributed by atoms with E-state index in [9.17, 15) is 0 Å². The molecule has 1 aliphatic heterocycles. The summed E-state index contributed by atoms with van der Waals surface area (Å²) in [4.78, 5) is 11.2. The molecule has 1 aromatic heterocycles. The topological polar surface area (TPSA) is 64.8 Å². The largest absolute Gasteiger partial charge is 0.341 e. The fraction of sp³-hybridized carbons (Fsp3) is 0.353. The van der Waals surface area contributed by atoms with Gasteiger partial charge in [-0.1, -0.05) is 19.1 Å². The maximum Gasteiger partial charge on any atom is 0.227 e. The number of rotatable bonds is 3. The van der Waals surface area contributed by atoms with Crippen LogP contribution in [0, 0.1) is 17.2 Å². The molecule has 0 atom stereocenters. The van der Waals surface area contributed by atoms with Gasteiger partial charge in [0.1, 0.15) is 11.9 Å². The highest BCUT2D eigenvalue weighted by atomic mass is 15.3. The standard InChI is InChI=1S/C17H19N5/c1-13-7-10-22(11-8-13)17-19-9-6-16(21-17)20-15-5-3-2-4-14(15)12-18/h2-6,9,13H,7-8,10-11H2,1H3,(H,19,20,21). The summed E-state index contributed by atoms with van der Waals surface area (Å²) in [5.41, 5.74) is 1.37. The van der Waals surface area contributed by atoms with Gasteiger partial charge in [-0.25, -0.2) is 4.98 Å². The zero-order chi connectivity index (χ0) is 15.4. The van der Waals surface area contributed by atoms with Gasteiger partial charge < -0.3 is 10.2 Å². The van der Waals surface area contributed by atoms with Crippen molar-refractivity contribution in [1.29, 1.82) is 5.26 Å². The first-order valence-corrected chi connectivity index (χ1v) is 7.60. The van der Waals surface area contributed by atoms with Crippen LogP contribution < -0.4 is 10.2 Å². The normalized spacial score (nSPS) is 15.4. The lowest BCUT2D eigenvalue weighted by Gasteiger charge is -2.30. The minimum absolute atomic E-state index is 0.606. The molecule has 1 aromatic carbocycles. The highest BCUT2D eigenvalue weighted by Gasteiger charge is 2.18. The van der Waals surface area contributed by atoms with E-state index < -0.39 is 0 Å². The Morgan fingerprint density at radius 1 is 1.23 bits per heavy atom. The van der Waals surface area contributed by atoms with E-state index in [1.165, 1.54) is 12.8 Å². The summed E-state index contributed by atoms with van der Waals surface area (Å²) in [6.07, 6.45) is 4.12. The van der Waals surface area contributed by atoms with Gasteiger partial charge in [0.25, 0.3) is 0 Å². The van der Waals surface area contributed by atoms with Crippen molar-refractivity contribution in [2.75, 3.05) is 23.3 Å². The van der Waals surface area contributed by atoms with Gasteiger partial charge in [0, 0.05) is 19.3 Å². The highest BCUT2D eigenvalue weighted by Crippen LogP contribution is 2.23. The van der Waals surface area contributed by atoms with E-state index in [4.69, 9.17) is 5.26 Å². The van der Waals surface area contributed by atoms with E-state index in [1.807, 2.05) is 24.3 Å². The number of anilines is 3. The van der Waals surface area contributed by atoms with Crippen molar-refractivity contribution < 1.29 is 0 Å². The van der Waals surface area contributed by atoms with Gasteiger partial charge in [-0.3, -0.25) is 0 Å². The molecule has 0 bridgehead atoms. The lowest BCUT2D eigenvalue weighted by atomic mass is 10.00. The molecule has 1 N–H and O–H groups in total. The third-order valence-electron chi connectivity index (χ3n) is 4.02. The van der Waals surface area contributed by atoms with Gasteiger partial charge in [0.05, 0.1) is 11.3 Å². The summed E-state index contributed by atoms with van der Waals surface area (Å²) < 4.78 is 0. The SMILES string of the molecule is CC1CCN(c2nccc(Nc3ccccc3C#N)n2)CC1. The Labute approximate surface area is 130 Å². The predicted molar refractivity (Wildman–Crippen MR) is 87.1 cm³/mol. The van der Waals surface area contributed by atoms with Crippen molar-refractivity contribution in [2.24, 2.45) is 5.92 Å². The molecule has 0 radical (unpaired) electrons. The number of hydrogen-bond acceptors (Lipinski definition) is 5. The lowest BCUT2D eigenvalue weighted by Crippen LogP contribution is -2.34. The van der Waals surface area contributed by atoms with Gasteiger partial charge in [0.2, 0.25) is 5.95 Å². The van der Waals surface area contributed by atoms with Crippen LogP contribution in [0.4, 0.5) is 17.5 Å². The molecule has 5 nitrogen and oxygen atoms in total. The van der Waals surface area contributed by atoms with Crippen LogP contribution in [0.15, 0.2) is 36.5 Å². The average molecular weight is 293 g/mol. The maximum atomic E-state index is 9.15. The Morgan fingerprint density at radius 2 is 2.00 bits per heavy atom. The second-order valence-electron chi connectivity index (χ2n) is 5.69. The van der Waals surface area contributed by atoms with Gasteiger partial charge in [-0.15, -0.1) is 0 Å². The Kier molecular flexibility index (Phi) is 4.19. The molecule has 0 aliphatic carbocycles. The van der Waals surface area contributed by atoms with E-state index in [0.29, 0.717) is 11.4 Å². The van der Waals surface area contributed by atoms with Crippen LogP contribution in [-0.2, 0) is 0 Å². The number of nitriles is 1. The van der Waals surface area contributed by atoms with Crippen LogP contribution in [0.1, 0.15) is 25.3 Å². The molecule has 112 valence electrons. The molecule has 0 unspecified atom stereocenters. The second kappa shape index (κ2) is 6.44. The molecule has 0 saturated carbocycles. The molecule has 0 spiro atoms. The number of nitrogens with zero attached hydrogens (tertiary/aromatic N) is 4. The first-order chi connectivity index (χ1) is 10.8. The Morgan fingerprint density at radius 3 is 2.77 bits per heavy atom. The van der Waals surface area contributed by atoms with Crippen molar-refractivity contribution in [1.82, 2.24) is 9.97 Å². The monoisotopic (exact) mass is 293 g/mol. The summed E-state index contributed by atoms with van der Waals surface area (Å²) in [6.45, 7) is 4.29. The number of benzene rings is 1. The Balaban J connectivity index is 1.78. The summed E-state index contributed by atoms with van der Waals surface area (Å²) in [6, 6.07) is 11.4. The summed E-state index contributed by atoms with van der Waals surface area (Å²) in [5.74, 6) is 2.25.